The molecule has 120 valence electrons. The number of pyridine rings is 1. The van der Waals surface area contributed by atoms with E-state index in [1.54, 1.807) is 37.7 Å². The molecule has 1 aliphatic heterocycles. The molecule has 7 heteroatoms. The van der Waals surface area contributed by atoms with Crippen LogP contribution in [0.25, 0.3) is 0 Å². The summed E-state index contributed by atoms with van der Waals surface area (Å²) in [6.07, 6.45) is 3.26. The molecule has 0 bridgehead atoms. The second-order valence-corrected chi connectivity index (χ2v) is 5.37. The number of anilines is 1. The molecule has 3 heterocycles. The molecule has 0 N–H and O–H groups in total. The van der Waals surface area contributed by atoms with E-state index in [4.69, 9.17) is 4.74 Å². The maximum atomic E-state index is 12.4. The van der Waals surface area contributed by atoms with Gasteiger partial charge in [0.2, 0.25) is 11.8 Å². The lowest BCUT2D eigenvalue weighted by Crippen LogP contribution is -2.49. The van der Waals surface area contributed by atoms with E-state index < -0.39 is 0 Å². The first-order valence-corrected chi connectivity index (χ1v) is 7.51. The highest BCUT2D eigenvalue weighted by molar-refractivity contribution is 5.94. The van der Waals surface area contributed by atoms with Crippen LogP contribution in [0.2, 0.25) is 0 Å². The lowest BCUT2D eigenvalue weighted by Gasteiger charge is -2.34. The Labute approximate surface area is 134 Å². The number of rotatable bonds is 3. The number of carbonyl (C=O) groups excluding carboxylic acids is 1. The van der Waals surface area contributed by atoms with Crippen molar-refractivity contribution in [1.82, 2.24) is 19.9 Å². The molecule has 0 unspecified atom stereocenters. The number of methoxy groups -OCH3 is 1. The summed E-state index contributed by atoms with van der Waals surface area (Å²) in [7, 11) is 1.59. The average molecular weight is 313 g/mol. The fourth-order valence-corrected chi connectivity index (χ4v) is 2.55. The Bertz CT molecular complexity index is 684. The van der Waals surface area contributed by atoms with E-state index in [1.807, 2.05) is 11.8 Å². The van der Waals surface area contributed by atoms with Gasteiger partial charge in [0.05, 0.1) is 12.7 Å². The Balaban J connectivity index is 1.67. The van der Waals surface area contributed by atoms with Gasteiger partial charge in [0.1, 0.15) is 0 Å². The van der Waals surface area contributed by atoms with E-state index >= 15 is 0 Å². The van der Waals surface area contributed by atoms with Crippen LogP contribution in [0.1, 0.15) is 16.1 Å². The number of nitrogens with zero attached hydrogens (tertiary/aromatic N) is 5. The van der Waals surface area contributed by atoms with Gasteiger partial charge in [0.25, 0.3) is 5.91 Å². The Morgan fingerprint density at radius 2 is 2.00 bits per heavy atom. The lowest BCUT2D eigenvalue weighted by molar-refractivity contribution is 0.0745. The van der Waals surface area contributed by atoms with Gasteiger partial charge < -0.3 is 14.5 Å². The number of carbonyl (C=O) groups is 1. The minimum atomic E-state index is 0.0143. The zero-order chi connectivity index (χ0) is 16.2. The predicted molar refractivity (Wildman–Crippen MR) is 85.7 cm³/mol. The first-order valence-electron chi connectivity index (χ1n) is 7.51. The van der Waals surface area contributed by atoms with Crippen LogP contribution in [-0.2, 0) is 0 Å². The molecule has 0 saturated carbocycles. The minimum Gasteiger partial charge on any atom is -0.481 e. The van der Waals surface area contributed by atoms with Crippen molar-refractivity contribution in [1.29, 1.82) is 0 Å². The van der Waals surface area contributed by atoms with Gasteiger partial charge in [0.15, 0.2) is 0 Å². The molecule has 7 nitrogen and oxygen atoms in total. The highest BCUT2D eigenvalue weighted by Crippen LogP contribution is 2.17. The molecule has 0 radical (unpaired) electrons. The standard InChI is InChI=1S/C16H19N5O2/c1-12-10-14(23-2)19-16(18-12)21-8-6-20(7-9-21)15(22)13-4-3-5-17-11-13/h3-5,10-11H,6-9H2,1-2H3. The van der Waals surface area contributed by atoms with Crippen LogP contribution in [-0.4, -0.2) is 59.0 Å². The van der Waals surface area contributed by atoms with Crippen LogP contribution < -0.4 is 9.64 Å². The van der Waals surface area contributed by atoms with Crippen LogP contribution in [0.15, 0.2) is 30.6 Å². The smallest absolute Gasteiger partial charge is 0.255 e. The van der Waals surface area contributed by atoms with Gasteiger partial charge >= 0.3 is 0 Å². The molecule has 1 aliphatic rings. The fourth-order valence-electron chi connectivity index (χ4n) is 2.55. The summed E-state index contributed by atoms with van der Waals surface area (Å²) in [5.41, 5.74) is 1.48. The third-order valence-electron chi connectivity index (χ3n) is 3.79. The molecule has 1 amide bonds. The normalized spacial score (nSPS) is 14.7. The summed E-state index contributed by atoms with van der Waals surface area (Å²) >= 11 is 0. The molecule has 0 aromatic carbocycles. The molecule has 3 rings (SSSR count). The topological polar surface area (TPSA) is 71.5 Å². The van der Waals surface area contributed by atoms with Gasteiger partial charge in [-0.05, 0) is 19.1 Å². The number of ether oxygens (including phenoxy) is 1. The van der Waals surface area contributed by atoms with E-state index in [0.717, 1.165) is 5.69 Å². The minimum absolute atomic E-state index is 0.0143. The summed E-state index contributed by atoms with van der Waals surface area (Å²) in [6, 6.07) is 5.36. The van der Waals surface area contributed by atoms with E-state index in [-0.39, 0.29) is 5.91 Å². The number of hydrogen-bond acceptors (Lipinski definition) is 6. The van der Waals surface area contributed by atoms with E-state index in [0.29, 0.717) is 43.6 Å². The van der Waals surface area contributed by atoms with Gasteiger partial charge in [0, 0.05) is 50.3 Å². The van der Waals surface area contributed by atoms with Gasteiger partial charge in [-0.3, -0.25) is 9.78 Å². The molecule has 2 aromatic heterocycles. The van der Waals surface area contributed by atoms with Crippen LogP contribution in [0.3, 0.4) is 0 Å². The van der Waals surface area contributed by atoms with Crippen LogP contribution in [0, 0.1) is 6.92 Å². The Kier molecular flexibility index (Phi) is 4.36. The van der Waals surface area contributed by atoms with Gasteiger partial charge in [-0.15, -0.1) is 0 Å². The highest BCUT2D eigenvalue weighted by Gasteiger charge is 2.24. The number of piperazine rings is 1. The molecule has 0 atom stereocenters. The summed E-state index contributed by atoms with van der Waals surface area (Å²) in [5, 5.41) is 0. The quantitative estimate of drug-likeness (QED) is 0.846. The first kappa shape index (κ1) is 15.2. The summed E-state index contributed by atoms with van der Waals surface area (Å²) in [6.45, 7) is 4.56. The first-order chi connectivity index (χ1) is 11.2. The maximum Gasteiger partial charge on any atom is 0.255 e. The van der Waals surface area contributed by atoms with Gasteiger partial charge in [-0.1, -0.05) is 0 Å². The van der Waals surface area contributed by atoms with Crippen LogP contribution >= 0.6 is 0 Å². The largest absolute Gasteiger partial charge is 0.481 e. The molecule has 0 spiro atoms. The predicted octanol–water partition coefficient (Wildman–Crippen LogP) is 1.15. The zero-order valence-corrected chi connectivity index (χ0v) is 13.3. The fraction of sp³-hybridized carbons (Fsp3) is 0.375. The average Bonchev–Trinajstić information content (AvgIpc) is 2.61. The third-order valence-corrected chi connectivity index (χ3v) is 3.79. The second kappa shape index (κ2) is 6.60. The van der Waals surface area contributed by atoms with Gasteiger partial charge in [-0.25, -0.2) is 4.98 Å². The number of amides is 1. The summed E-state index contributed by atoms with van der Waals surface area (Å²) in [5.74, 6) is 1.22. The molecule has 23 heavy (non-hydrogen) atoms. The maximum absolute atomic E-state index is 12.4. The SMILES string of the molecule is COc1cc(C)nc(N2CCN(C(=O)c3cccnc3)CC2)n1. The second-order valence-electron chi connectivity index (χ2n) is 5.37. The van der Waals surface area contributed by atoms with Crippen LogP contribution in [0.4, 0.5) is 5.95 Å². The third kappa shape index (κ3) is 3.39. The molecular formula is C16H19N5O2. The highest BCUT2D eigenvalue weighted by atomic mass is 16.5. The van der Waals surface area contributed by atoms with Crippen molar-refractivity contribution in [3.05, 3.63) is 41.9 Å². The Morgan fingerprint density at radius 1 is 1.22 bits per heavy atom. The van der Waals surface area contributed by atoms with Crippen molar-refractivity contribution in [3.8, 4) is 5.88 Å². The lowest BCUT2D eigenvalue weighted by atomic mass is 10.2. The number of hydrogen-bond donors (Lipinski definition) is 0. The van der Waals surface area contributed by atoms with E-state index in [1.165, 1.54) is 0 Å². The summed E-state index contributed by atoms with van der Waals surface area (Å²) < 4.78 is 5.19. The number of aromatic nitrogens is 3. The van der Waals surface area contributed by atoms with E-state index in [9.17, 15) is 4.79 Å². The molecule has 1 fully saturated rings. The van der Waals surface area contributed by atoms with Crippen molar-refractivity contribution in [2.75, 3.05) is 38.2 Å². The van der Waals surface area contributed by atoms with Crippen molar-refractivity contribution in [2.45, 2.75) is 6.92 Å². The molecule has 2 aromatic rings. The molecular weight excluding hydrogens is 294 g/mol. The van der Waals surface area contributed by atoms with E-state index in [2.05, 4.69) is 19.9 Å². The Hall–Kier alpha value is -2.70. The summed E-state index contributed by atoms with van der Waals surface area (Å²) in [4.78, 5) is 29.2. The van der Waals surface area contributed by atoms with Gasteiger partial charge in [-0.2, -0.15) is 4.98 Å². The molecule has 0 aliphatic carbocycles. The van der Waals surface area contributed by atoms with Crippen molar-refractivity contribution in [2.24, 2.45) is 0 Å². The zero-order valence-electron chi connectivity index (χ0n) is 13.3. The van der Waals surface area contributed by atoms with Crippen molar-refractivity contribution >= 4 is 11.9 Å². The monoisotopic (exact) mass is 313 g/mol. The van der Waals surface area contributed by atoms with Crippen molar-refractivity contribution < 1.29 is 9.53 Å². The number of aryl methyl sites for hydroxylation is 1. The van der Waals surface area contributed by atoms with Crippen LogP contribution in [0.5, 0.6) is 5.88 Å². The Morgan fingerprint density at radius 3 is 2.65 bits per heavy atom. The van der Waals surface area contributed by atoms with Crippen molar-refractivity contribution in [3.63, 3.8) is 0 Å². The molecule has 1 saturated heterocycles.